The summed E-state index contributed by atoms with van der Waals surface area (Å²) in [4.78, 5) is 11.8. The van der Waals surface area contributed by atoms with E-state index in [0.717, 1.165) is 12.8 Å². The Bertz CT molecular complexity index is 483. The standard InChI is InChI=1S/C14H16ClNO2/c15-12-9-11(17)6-7-13(12)16-14(18)8-10-4-2-1-3-5-10/h4,6-7,9,17H,1-3,5,8H2,(H,16,18). The molecule has 0 saturated heterocycles. The van der Waals surface area contributed by atoms with Crippen molar-refractivity contribution in [2.75, 3.05) is 5.32 Å². The van der Waals surface area contributed by atoms with Crippen LogP contribution >= 0.6 is 11.6 Å². The van der Waals surface area contributed by atoms with Gasteiger partial charge >= 0.3 is 0 Å². The highest BCUT2D eigenvalue weighted by molar-refractivity contribution is 6.33. The predicted octanol–water partition coefficient (Wildman–Crippen LogP) is 3.87. The molecule has 0 unspecified atom stereocenters. The third-order valence-electron chi connectivity index (χ3n) is 3.00. The van der Waals surface area contributed by atoms with Gasteiger partial charge in [-0.2, -0.15) is 0 Å². The van der Waals surface area contributed by atoms with E-state index in [1.807, 2.05) is 0 Å². The molecule has 0 atom stereocenters. The second-order valence-corrected chi connectivity index (χ2v) is 4.90. The number of phenolic OH excluding ortho intramolecular Hbond substituents is 1. The molecule has 0 spiro atoms. The van der Waals surface area contributed by atoms with E-state index in [1.54, 1.807) is 6.07 Å². The molecule has 1 aliphatic rings. The van der Waals surface area contributed by atoms with Crippen molar-refractivity contribution in [2.24, 2.45) is 0 Å². The number of nitrogens with one attached hydrogen (secondary N) is 1. The Morgan fingerprint density at radius 1 is 1.39 bits per heavy atom. The van der Waals surface area contributed by atoms with Crippen molar-refractivity contribution in [3.05, 3.63) is 34.9 Å². The molecule has 96 valence electrons. The fraction of sp³-hybridized carbons (Fsp3) is 0.357. The fourth-order valence-corrected chi connectivity index (χ4v) is 2.29. The molecule has 0 saturated carbocycles. The van der Waals surface area contributed by atoms with Crippen LogP contribution in [-0.2, 0) is 4.79 Å². The molecule has 1 aromatic carbocycles. The van der Waals surface area contributed by atoms with E-state index < -0.39 is 0 Å². The van der Waals surface area contributed by atoms with Gasteiger partial charge in [0.2, 0.25) is 5.91 Å². The first-order chi connectivity index (χ1) is 8.65. The zero-order chi connectivity index (χ0) is 13.0. The Hall–Kier alpha value is -1.48. The van der Waals surface area contributed by atoms with Crippen LogP contribution in [0.4, 0.5) is 5.69 Å². The average molecular weight is 266 g/mol. The molecule has 0 radical (unpaired) electrons. The summed E-state index contributed by atoms with van der Waals surface area (Å²) < 4.78 is 0. The Morgan fingerprint density at radius 3 is 2.89 bits per heavy atom. The number of hydrogen-bond acceptors (Lipinski definition) is 2. The number of amides is 1. The maximum absolute atomic E-state index is 11.8. The van der Waals surface area contributed by atoms with Gasteiger partial charge in [0.05, 0.1) is 10.7 Å². The van der Waals surface area contributed by atoms with Crippen molar-refractivity contribution < 1.29 is 9.90 Å². The summed E-state index contributed by atoms with van der Waals surface area (Å²) in [6.07, 6.45) is 7.05. The Balaban J connectivity index is 1.96. The van der Waals surface area contributed by atoms with Crippen LogP contribution in [0.3, 0.4) is 0 Å². The Morgan fingerprint density at radius 2 is 2.22 bits per heavy atom. The molecule has 18 heavy (non-hydrogen) atoms. The quantitative estimate of drug-likeness (QED) is 0.644. The molecule has 0 heterocycles. The van der Waals surface area contributed by atoms with Crippen LogP contribution in [0.2, 0.25) is 5.02 Å². The molecule has 4 heteroatoms. The van der Waals surface area contributed by atoms with Gasteiger partial charge in [0.25, 0.3) is 0 Å². The van der Waals surface area contributed by atoms with E-state index in [0.29, 0.717) is 17.1 Å². The Kier molecular flexibility index (Phi) is 4.26. The summed E-state index contributed by atoms with van der Waals surface area (Å²) in [6.45, 7) is 0. The van der Waals surface area contributed by atoms with Gasteiger partial charge in [0, 0.05) is 12.5 Å². The van der Waals surface area contributed by atoms with Crippen LogP contribution < -0.4 is 5.32 Å². The van der Waals surface area contributed by atoms with E-state index in [1.165, 1.54) is 30.5 Å². The maximum Gasteiger partial charge on any atom is 0.228 e. The van der Waals surface area contributed by atoms with E-state index in [9.17, 15) is 9.90 Å². The van der Waals surface area contributed by atoms with Crippen LogP contribution in [0, 0.1) is 0 Å². The van der Waals surface area contributed by atoms with Gasteiger partial charge in [-0.3, -0.25) is 4.79 Å². The number of rotatable bonds is 3. The van der Waals surface area contributed by atoms with E-state index in [4.69, 9.17) is 11.6 Å². The summed E-state index contributed by atoms with van der Waals surface area (Å²) in [5.41, 5.74) is 1.74. The molecule has 1 aliphatic carbocycles. The van der Waals surface area contributed by atoms with Crippen LogP contribution in [0.1, 0.15) is 32.1 Å². The number of aromatic hydroxyl groups is 1. The lowest BCUT2D eigenvalue weighted by atomic mass is 9.97. The lowest BCUT2D eigenvalue weighted by molar-refractivity contribution is -0.115. The van der Waals surface area contributed by atoms with E-state index >= 15 is 0 Å². The smallest absolute Gasteiger partial charge is 0.228 e. The first kappa shape index (κ1) is 13.0. The van der Waals surface area contributed by atoms with Crippen molar-refractivity contribution in [3.8, 4) is 5.75 Å². The predicted molar refractivity (Wildman–Crippen MR) is 72.9 cm³/mol. The topological polar surface area (TPSA) is 49.3 Å². The molecule has 0 bridgehead atoms. The number of hydrogen-bond donors (Lipinski definition) is 2. The zero-order valence-electron chi connectivity index (χ0n) is 10.1. The second kappa shape index (κ2) is 5.91. The number of phenols is 1. The summed E-state index contributed by atoms with van der Waals surface area (Å²) in [5, 5.41) is 12.3. The normalized spacial score (nSPS) is 15.1. The van der Waals surface area contributed by atoms with Gasteiger partial charge in [0.15, 0.2) is 0 Å². The van der Waals surface area contributed by atoms with Crippen LogP contribution in [0.5, 0.6) is 5.75 Å². The first-order valence-electron chi connectivity index (χ1n) is 6.11. The summed E-state index contributed by atoms with van der Waals surface area (Å²) in [6, 6.07) is 4.52. The number of allylic oxidation sites excluding steroid dienone is 1. The van der Waals surface area contributed by atoms with Crippen LogP contribution in [0.25, 0.3) is 0 Å². The SMILES string of the molecule is O=C(CC1=CCCCC1)Nc1ccc(O)cc1Cl. The number of carbonyl (C=O) groups is 1. The van der Waals surface area contributed by atoms with E-state index in [-0.39, 0.29) is 11.7 Å². The molecular weight excluding hydrogens is 250 g/mol. The molecule has 2 rings (SSSR count). The minimum absolute atomic E-state index is 0.0595. The van der Waals surface area contributed by atoms with Crippen molar-refractivity contribution in [1.29, 1.82) is 0 Å². The zero-order valence-corrected chi connectivity index (χ0v) is 10.8. The van der Waals surface area contributed by atoms with Gasteiger partial charge in [0.1, 0.15) is 5.75 Å². The van der Waals surface area contributed by atoms with Gasteiger partial charge < -0.3 is 10.4 Å². The van der Waals surface area contributed by atoms with Crippen molar-refractivity contribution in [3.63, 3.8) is 0 Å². The minimum Gasteiger partial charge on any atom is -0.508 e. The molecule has 0 fully saturated rings. The highest BCUT2D eigenvalue weighted by atomic mass is 35.5. The first-order valence-corrected chi connectivity index (χ1v) is 6.49. The lowest BCUT2D eigenvalue weighted by Crippen LogP contribution is -2.13. The van der Waals surface area contributed by atoms with Gasteiger partial charge in [-0.15, -0.1) is 0 Å². The monoisotopic (exact) mass is 265 g/mol. The van der Waals surface area contributed by atoms with Crippen molar-refractivity contribution >= 4 is 23.2 Å². The van der Waals surface area contributed by atoms with Gasteiger partial charge in [-0.05, 0) is 37.8 Å². The Labute approximate surface area is 111 Å². The van der Waals surface area contributed by atoms with Gasteiger partial charge in [-0.1, -0.05) is 23.3 Å². The molecule has 1 amide bonds. The molecular formula is C14H16ClNO2. The molecule has 1 aromatic rings. The summed E-state index contributed by atoms with van der Waals surface area (Å²) in [7, 11) is 0. The summed E-state index contributed by atoms with van der Waals surface area (Å²) >= 11 is 5.93. The highest BCUT2D eigenvalue weighted by Crippen LogP contribution is 2.27. The second-order valence-electron chi connectivity index (χ2n) is 4.50. The molecule has 2 N–H and O–H groups in total. The average Bonchev–Trinajstić information content (AvgIpc) is 2.34. The van der Waals surface area contributed by atoms with Gasteiger partial charge in [-0.25, -0.2) is 0 Å². The number of halogens is 1. The third kappa shape index (κ3) is 3.50. The number of anilines is 1. The molecule has 3 nitrogen and oxygen atoms in total. The number of benzene rings is 1. The largest absolute Gasteiger partial charge is 0.508 e. The van der Waals surface area contributed by atoms with E-state index in [2.05, 4.69) is 11.4 Å². The van der Waals surface area contributed by atoms with Crippen LogP contribution in [0.15, 0.2) is 29.8 Å². The number of carbonyl (C=O) groups excluding carboxylic acids is 1. The minimum atomic E-state index is -0.0595. The lowest BCUT2D eigenvalue weighted by Gasteiger charge is -2.13. The third-order valence-corrected chi connectivity index (χ3v) is 3.31. The van der Waals surface area contributed by atoms with Crippen molar-refractivity contribution in [1.82, 2.24) is 0 Å². The maximum atomic E-state index is 11.8. The molecule has 0 aliphatic heterocycles. The van der Waals surface area contributed by atoms with Crippen LogP contribution in [-0.4, -0.2) is 11.0 Å². The highest BCUT2D eigenvalue weighted by Gasteiger charge is 2.10. The fourth-order valence-electron chi connectivity index (χ4n) is 2.07. The summed E-state index contributed by atoms with van der Waals surface area (Å²) in [5.74, 6) is 0.0312. The molecule has 0 aromatic heterocycles. The van der Waals surface area contributed by atoms with Crippen molar-refractivity contribution in [2.45, 2.75) is 32.1 Å².